The molecule has 0 saturated carbocycles. The summed E-state index contributed by atoms with van der Waals surface area (Å²) in [7, 11) is 0. The normalized spacial score (nSPS) is 13.2. The van der Waals surface area contributed by atoms with Crippen molar-refractivity contribution in [2.45, 2.75) is 32.3 Å². The molecule has 1 N–H and O–H groups in total. The van der Waals surface area contributed by atoms with Gasteiger partial charge in [0.15, 0.2) is 0 Å². The predicted octanol–water partition coefficient (Wildman–Crippen LogP) is 3.21. The minimum Gasteiger partial charge on any atom is -0.393 e. The predicted molar refractivity (Wildman–Crippen MR) is 56.6 cm³/mol. The summed E-state index contributed by atoms with van der Waals surface area (Å²) < 4.78 is 1.18. The van der Waals surface area contributed by atoms with Gasteiger partial charge in [-0.1, -0.05) is 6.92 Å². The smallest absolute Gasteiger partial charge is 0.0541 e. The molecule has 0 fully saturated rings. The molecule has 1 aromatic heterocycles. The molecule has 0 aliphatic heterocycles. The molecule has 1 heterocycles. The molecular formula is C9H13BrOS. The van der Waals surface area contributed by atoms with Gasteiger partial charge in [0.2, 0.25) is 0 Å². The quantitative estimate of drug-likeness (QED) is 0.868. The van der Waals surface area contributed by atoms with Gasteiger partial charge in [-0.05, 0) is 46.6 Å². The second-order valence-electron chi connectivity index (χ2n) is 2.79. The van der Waals surface area contributed by atoms with Crippen LogP contribution in [0.3, 0.4) is 0 Å². The fourth-order valence-electron chi connectivity index (χ4n) is 1.01. The van der Waals surface area contributed by atoms with Crippen LogP contribution >= 0.6 is 27.3 Å². The Morgan fingerprint density at radius 1 is 1.67 bits per heavy atom. The minimum atomic E-state index is -0.140. The molecule has 0 spiro atoms. The molecule has 0 aliphatic rings. The molecule has 3 heteroatoms. The molecule has 1 rings (SSSR count). The van der Waals surface area contributed by atoms with E-state index in [0.717, 1.165) is 19.3 Å². The average molecular weight is 249 g/mol. The molecule has 0 amide bonds. The minimum absolute atomic E-state index is 0.140. The molecular weight excluding hydrogens is 236 g/mol. The molecule has 1 nitrogen and oxygen atoms in total. The summed E-state index contributed by atoms with van der Waals surface area (Å²) in [4.78, 5) is 1.34. The fourth-order valence-corrected chi connectivity index (χ4v) is 2.58. The Bertz CT molecular complexity index is 234. The van der Waals surface area contributed by atoms with Gasteiger partial charge >= 0.3 is 0 Å². The van der Waals surface area contributed by atoms with Gasteiger partial charge in [-0.2, -0.15) is 0 Å². The van der Waals surface area contributed by atoms with Crippen LogP contribution in [-0.2, 0) is 6.42 Å². The van der Waals surface area contributed by atoms with Crippen LogP contribution in [0.5, 0.6) is 0 Å². The number of thiophene rings is 1. The molecule has 0 radical (unpaired) electrons. The van der Waals surface area contributed by atoms with Crippen LogP contribution in [0.1, 0.15) is 24.6 Å². The summed E-state index contributed by atoms with van der Waals surface area (Å²) in [6, 6.07) is 2.05. The van der Waals surface area contributed by atoms with E-state index in [1.54, 1.807) is 11.3 Å². The standard InChI is InChI=1S/C9H13BrOS/c1-2-7(11)3-4-9-8(10)5-6-12-9/h5-7,11H,2-4H2,1H3. The maximum absolute atomic E-state index is 9.34. The van der Waals surface area contributed by atoms with Crippen molar-refractivity contribution >= 4 is 27.3 Å². The first kappa shape index (κ1) is 10.2. The van der Waals surface area contributed by atoms with Gasteiger partial charge in [-0.15, -0.1) is 11.3 Å². The van der Waals surface area contributed by atoms with E-state index in [9.17, 15) is 5.11 Å². The Kier molecular flexibility index (Phi) is 4.26. The lowest BCUT2D eigenvalue weighted by atomic mass is 10.1. The van der Waals surface area contributed by atoms with E-state index < -0.39 is 0 Å². The number of aliphatic hydroxyl groups excluding tert-OH is 1. The Hall–Kier alpha value is 0.140. The van der Waals surface area contributed by atoms with E-state index in [1.807, 2.05) is 6.92 Å². The first-order chi connectivity index (χ1) is 5.74. The Morgan fingerprint density at radius 2 is 2.42 bits per heavy atom. The lowest BCUT2D eigenvalue weighted by Crippen LogP contribution is -2.04. The van der Waals surface area contributed by atoms with E-state index in [-0.39, 0.29) is 6.10 Å². The molecule has 0 saturated heterocycles. The largest absolute Gasteiger partial charge is 0.393 e. The number of aliphatic hydroxyl groups is 1. The van der Waals surface area contributed by atoms with Gasteiger partial charge in [0.25, 0.3) is 0 Å². The van der Waals surface area contributed by atoms with Crippen LogP contribution in [-0.4, -0.2) is 11.2 Å². The maximum atomic E-state index is 9.34. The van der Waals surface area contributed by atoms with E-state index in [2.05, 4.69) is 27.4 Å². The van der Waals surface area contributed by atoms with E-state index in [4.69, 9.17) is 0 Å². The van der Waals surface area contributed by atoms with Crippen LogP contribution in [0.15, 0.2) is 15.9 Å². The summed E-state index contributed by atoms with van der Waals surface area (Å²) >= 11 is 5.21. The van der Waals surface area contributed by atoms with E-state index in [1.165, 1.54) is 9.35 Å². The molecule has 68 valence electrons. The second-order valence-corrected chi connectivity index (χ2v) is 4.65. The first-order valence-electron chi connectivity index (χ1n) is 4.14. The van der Waals surface area contributed by atoms with Gasteiger partial charge in [0, 0.05) is 9.35 Å². The third kappa shape index (κ3) is 2.88. The van der Waals surface area contributed by atoms with Gasteiger partial charge < -0.3 is 5.11 Å². The van der Waals surface area contributed by atoms with Crippen molar-refractivity contribution in [1.82, 2.24) is 0 Å². The van der Waals surface area contributed by atoms with Gasteiger partial charge in [0.1, 0.15) is 0 Å². The van der Waals surface area contributed by atoms with Crippen molar-refractivity contribution in [3.05, 3.63) is 20.8 Å². The number of hydrogen-bond acceptors (Lipinski definition) is 2. The molecule has 1 aromatic rings. The highest BCUT2D eigenvalue weighted by Gasteiger charge is 2.04. The van der Waals surface area contributed by atoms with Gasteiger partial charge in [-0.3, -0.25) is 0 Å². The number of hydrogen-bond donors (Lipinski definition) is 1. The Labute approximate surface area is 85.6 Å². The summed E-state index contributed by atoms with van der Waals surface area (Å²) in [6.45, 7) is 2.01. The van der Waals surface area contributed by atoms with Crippen molar-refractivity contribution < 1.29 is 5.11 Å². The van der Waals surface area contributed by atoms with Crippen LogP contribution in [0.25, 0.3) is 0 Å². The summed E-state index contributed by atoms with van der Waals surface area (Å²) in [5, 5.41) is 11.4. The topological polar surface area (TPSA) is 20.2 Å². The zero-order chi connectivity index (χ0) is 8.97. The number of rotatable bonds is 4. The van der Waals surface area contributed by atoms with Crippen LogP contribution in [0, 0.1) is 0 Å². The highest BCUT2D eigenvalue weighted by Crippen LogP contribution is 2.24. The van der Waals surface area contributed by atoms with Crippen molar-refractivity contribution in [3.63, 3.8) is 0 Å². The molecule has 0 aromatic carbocycles. The highest BCUT2D eigenvalue weighted by molar-refractivity contribution is 9.10. The lowest BCUT2D eigenvalue weighted by Gasteiger charge is -2.05. The first-order valence-corrected chi connectivity index (χ1v) is 5.81. The highest BCUT2D eigenvalue weighted by atomic mass is 79.9. The number of aryl methyl sites for hydroxylation is 1. The van der Waals surface area contributed by atoms with Crippen LogP contribution in [0.2, 0.25) is 0 Å². The fraction of sp³-hybridized carbons (Fsp3) is 0.556. The van der Waals surface area contributed by atoms with Crippen molar-refractivity contribution in [2.24, 2.45) is 0 Å². The third-order valence-electron chi connectivity index (χ3n) is 1.87. The lowest BCUT2D eigenvalue weighted by molar-refractivity contribution is 0.161. The molecule has 0 aliphatic carbocycles. The molecule has 12 heavy (non-hydrogen) atoms. The van der Waals surface area contributed by atoms with Gasteiger partial charge in [0.05, 0.1) is 6.10 Å². The van der Waals surface area contributed by atoms with E-state index >= 15 is 0 Å². The van der Waals surface area contributed by atoms with Gasteiger partial charge in [-0.25, -0.2) is 0 Å². The van der Waals surface area contributed by atoms with E-state index in [0.29, 0.717) is 0 Å². The van der Waals surface area contributed by atoms with Crippen LogP contribution in [0.4, 0.5) is 0 Å². The van der Waals surface area contributed by atoms with Crippen LogP contribution < -0.4 is 0 Å². The Balaban J connectivity index is 2.38. The second kappa shape index (κ2) is 5.00. The number of halogens is 1. The SMILES string of the molecule is CCC(O)CCc1sccc1Br. The Morgan fingerprint density at radius 3 is 2.92 bits per heavy atom. The zero-order valence-electron chi connectivity index (χ0n) is 7.09. The van der Waals surface area contributed by atoms with Crippen molar-refractivity contribution in [2.75, 3.05) is 0 Å². The molecule has 0 bridgehead atoms. The molecule has 1 atom stereocenters. The summed E-state index contributed by atoms with van der Waals surface area (Å²) in [5.41, 5.74) is 0. The monoisotopic (exact) mass is 248 g/mol. The third-order valence-corrected chi connectivity index (χ3v) is 3.85. The zero-order valence-corrected chi connectivity index (χ0v) is 9.49. The maximum Gasteiger partial charge on any atom is 0.0541 e. The van der Waals surface area contributed by atoms with Crippen molar-refractivity contribution in [1.29, 1.82) is 0 Å². The summed E-state index contributed by atoms with van der Waals surface area (Å²) in [6.07, 6.45) is 2.56. The average Bonchev–Trinajstić information content (AvgIpc) is 2.47. The van der Waals surface area contributed by atoms with Crippen molar-refractivity contribution in [3.8, 4) is 0 Å². The molecule has 1 unspecified atom stereocenters. The summed E-state index contributed by atoms with van der Waals surface area (Å²) in [5.74, 6) is 0.